The summed E-state index contributed by atoms with van der Waals surface area (Å²) in [5, 5.41) is 7.74. The molecule has 1 aliphatic heterocycles. The molecule has 6 heteroatoms. The maximum atomic E-state index is 12.3. The minimum atomic E-state index is -0.0918. The zero-order valence-electron chi connectivity index (χ0n) is 11.6. The smallest absolute Gasteiger partial charge is 0.291 e. The first kappa shape index (κ1) is 13.9. The molecule has 0 bridgehead atoms. The minimum absolute atomic E-state index is 0.0918. The number of halogens is 1. The largest absolute Gasteiger partial charge is 0.378 e. The molecule has 0 amide bonds. The molecule has 5 nitrogen and oxygen atoms in total. The van der Waals surface area contributed by atoms with Crippen molar-refractivity contribution in [3.8, 4) is 0 Å². The third-order valence-electron chi connectivity index (χ3n) is 4.05. The van der Waals surface area contributed by atoms with Crippen LogP contribution in [0.15, 0.2) is 11.0 Å². The van der Waals surface area contributed by atoms with Crippen molar-refractivity contribution in [3.05, 3.63) is 21.6 Å². The van der Waals surface area contributed by atoms with E-state index < -0.39 is 0 Å². The molecule has 0 atom stereocenters. The standard InChI is InChI=1S/C14H21ClN4O/c15-12-9-17-19(10-11-3-4-11)14(20)13(12)16-5-8-18-6-1-2-7-18/h9,11,16H,1-8,10H2. The maximum absolute atomic E-state index is 12.3. The van der Waals surface area contributed by atoms with Crippen LogP contribution in [0.3, 0.4) is 0 Å². The molecule has 1 saturated carbocycles. The van der Waals surface area contributed by atoms with E-state index >= 15 is 0 Å². The number of nitrogens with one attached hydrogen (secondary N) is 1. The van der Waals surface area contributed by atoms with Crippen LogP contribution in [0.2, 0.25) is 5.02 Å². The molecule has 2 fully saturated rings. The summed E-state index contributed by atoms with van der Waals surface area (Å²) >= 11 is 6.10. The zero-order chi connectivity index (χ0) is 13.9. The first-order chi connectivity index (χ1) is 9.74. The van der Waals surface area contributed by atoms with Gasteiger partial charge in [-0.2, -0.15) is 5.10 Å². The van der Waals surface area contributed by atoms with Crippen molar-refractivity contribution in [1.82, 2.24) is 14.7 Å². The molecule has 3 rings (SSSR count). The second-order valence-corrected chi connectivity index (χ2v) is 6.18. The van der Waals surface area contributed by atoms with Crippen molar-refractivity contribution in [2.45, 2.75) is 32.2 Å². The lowest BCUT2D eigenvalue weighted by Gasteiger charge is -2.16. The molecule has 1 N–H and O–H groups in total. The third-order valence-corrected chi connectivity index (χ3v) is 4.34. The number of hydrogen-bond acceptors (Lipinski definition) is 4. The van der Waals surface area contributed by atoms with E-state index in [4.69, 9.17) is 11.6 Å². The first-order valence-electron chi connectivity index (χ1n) is 7.46. The summed E-state index contributed by atoms with van der Waals surface area (Å²) in [5.41, 5.74) is 0.410. The second-order valence-electron chi connectivity index (χ2n) is 5.77. The predicted molar refractivity (Wildman–Crippen MR) is 80.4 cm³/mol. The molecule has 1 saturated heterocycles. The van der Waals surface area contributed by atoms with E-state index in [1.54, 1.807) is 10.9 Å². The Bertz CT molecular complexity index is 520. The van der Waals surface area contributed by atoms with Gasteiger partial charge in [0.1, 0.15) is 5.69 Å². The maximum Gasteiger partial charge on any atom is 0.291 e. The molecule has 0 aromatic carbocycles. The van der Waals surface area contributed by atoms with Gasteiger partial charge in [-0.3, -0.25) is 4.79 Å². The lowest BCUT2D eigenvalue weighted by Crippen LogP contribution is -2.30. The molecule has 2 aliphatic rings. The second kappa shape index (κ2) is 6.14. The lowest BCUT2D eigenvalue weighted by atomic mass is 10.4. The van der Waals surface area contributed by atoms with Crippen molar-refractivity contribution in [1.29, 1.82) is 0 Å². The molecule has 0 radical (unpaired) electrons. The summed E-state index contributed by atoms with van der Waals surface area (Å²) in [5.74, 6) is 0.624. The van der Waals surface area contributed by atoms with Crippen molar-refractivity contribution in [2.75, 3.05) is 31.5 Å². The topological polar surface area (TPSA) is 50.2 Å². The Hall–Kier alpha value is -1.07. The molecule has 20 heavy (non-hydrogen) atoms. The molecule has 110 valence electrons. The van der Waals surface area contributed by atoms with E-state index in [9.17, 15) is 4.79 Å². The SMILES string of the molecule is O=c1c(NCCN2CCCC2)c(Cl)cnn1CC1CC1. The molecule has 0 unspecified atom stereocenters. The number of anilines is 1. The fourth-order valence-corrected chi connectivity index (χ4v) is 2.84. The number of likely N-dealkylation sites (tertiary alicyclic amines) is 1. The first-order valence-corrected chi connectivity index (χ1v) is 7.83. The van der Waals surface area contributed by atoms with Crippen LogP contribution >= 0.6 is 11.6 Å². The van der Waals surface area contributed by atoms with Gasteiger partial charge in [0.2, 0.25) is 0 Å². The Labute approximate surface area is 123 Å². The normalized spacial score (nSPS) is 19.4. The number of rotatable bonds is 6. The summed E-state index contributed by atoms with van der Waals surface area (Å²) in [7, 11) is 0. The number of hydrogen-bond donors (Lipinski definition) is 1. The monoisotopic (exact) mass is 296 g/mol. The van der Waals surface area contributed by atoms with Crippen molar-refractivity contribution >= 4 is 17.3 Å². The molecule has 2 heterocycles. The van der Waals surface area contributed by atoms with E-state index in [-0.39, 0.29) is 5.56 Å². The van der Waals surface area contributed by atoms with E-state index in [1.807, 2.05) is 0 Å². The highest BCUT2D eigenvalue weighted by Crippen LogP contribution is 2.30. The van der Waals surface area contributed by atoms with E-state index in [0.29, 0.717) is 16.6 Å². The van der Waals surface area contributed by atoms with Gasteiger partial charge in [0, 0.05) is 19.6 Å². The van der Waals surface area contributed by atoms with Crippen LogP contribution in [0.25, 0.3) is 0 Å². The average molecular weight is 297 g/mol. The van der Waals surface area contributed by atoms with Gasteiger partial charge >= 0.3 is 0 Å². The van der Waals surface area contributed by atoms with Crippen LogP contribution in [0, 0.1) is 5.92 Å². The Morgan fingerprint density at radius 2 is 2.10 bits per heavy atom. The summed E-state index contributed by atoms with van der Waals surface area (Å²) in [4.78, 5) is 14.7. The van der Waals surface area contributed by atoms with Crippen LogP contribution < -0.4 is 10.9 Å². The molecule has 1 aromatic rings. The van der Waals surface area contributed by atoms with Crippen LogP contribution in [0.4, 0.5) is 5.69 Å². The highest BCUT2D eigenvalue weighted by atomic mass is 35.5. The van der Waals surface area contributed by atoms with Crippen LogP contribution in [-0.2, 0) is 6.54 Å². The predicted octanol–water partition coefficient (Wildman–Crippen LogP) is 1.81. The third kappa shape index (κ3) is 3.33. The van der Waals surface area contributed by atoms with Gasteiger partial charge < -0.3 is 10.2 Å². The van der Waals surface area contributed by atoms with E-state index in [1.165, 1.54) is 25.7 Å². The molecule has 1 aliphatic carbocycles. The highest BCUT2D eigenvalue weighted by molar-refractivity contribution is 6.32. The lowest BCUT2D eigenvalue weighted by molar-refractivity contribution is 0.352. The van der Waals surface area contributed by atoms with Gasteiger partial charge in [0.05, 0.1) is 11.2 Å². The summed E-state index contributed by atoms with van der Waals surface area (Å²) in [6, 6.07) is 0. The van der Waals surface area contributed by atoms with Crippen LogP contribution in [0.1, 0.15) is 25.7 Å². The summed E-state index contributed by atoms with van der Waals surface area (Å²) in [6.45, 7) is 4.76. The average Bonchev–Trinajstić information content (AvgIpc) is 3.10. The Morgan fingerprint density at radius 3 is 2.80 bits per heavy atom. The molecule has 1 aromatic heterocycles. The molecular formula is C14H21ClN4O. The van der Waals surface area contributed by atoms with Crippen molar-refractivity contribution in [3.63, 3.8) is 0 Å². The van der Waals surface area contributed by atoms with Gasteiger partial charge in [0.15, 0.2) is 0 Å². The Kier molecular flexibility index (Phi) is 4.27. The fraction of sp³-hybridized carbons (Fsp3) is 0.714. The van der Waals surface area contributed by atoms with Crippen molar-refractivity contribution in [2.24, 2.45) is 5.92 Å². The van der Waals surface area contributed by atoms with Gasteiger partial charge in [-0.25, -0.2) is 4.68 Å². The molecular weight excluding hydrogens is 276 g/mol. The quantitative estimate of drug-likeness (QED) is 0.870. The van der Waals surface area contributed by atoms with Crippen LogP contribution in [0.5, 0.6) is 0 Å². The minimum Gasteiger partial charge on any atom is -0.378 e. The summed E-state index contributed by atoms with van der Waals surface area (Å²) in [6.07, 6.45) is 6.54. The van der Waals surface area contributed by atoms with Crippen molar-refractivity contribution < 1.29 is 0 Å². The number of aromatic nitrogens is 2. The van der Waals surface area contributed by atoms with Gasteiger partial charge in [-0.15, -0.1) is 0 Å². The zero-order valence-corrected chi connectivity index (χ0v) is 12.4. The van der Waals surface area contributed by atoms with Gasteiger partial charge in [-0.05, 0) is 44.7 Å². The summed E-state index contributed by atoms with van der Waals surface area (Å²) < 4.78 is 1.54. The van der Waals surface area contributed by atoms with Gasteiger partial charge in [0.25, 0.3) is 5.56 Å². The Balaban J connectivity index is 1.62. The van der Waals surface area contributed by atoms with Crippen LogP contribution in [-0.4, -0.2) is 40.9 Å². The fourth-order valence-electron chi connectivity index (χ4n) is 2.65. The highest BCUT2D eigenvalue weighted by Gasteiger charge is 2.23. The Morgan fingerprint density at radius 1 is 1.35 bits per heavy atom. The van der Waals surface area contributed by atoms with Gasteiger partial charge in [-0.1, -0.05) is 11.6 Å². The van der Waals surface area contributed by atoms with E-state index in [2.05, 4.69) is 15.3 Å². The van der Waals surface area contributed by atoms with E-state index in [0.717, 1.165) is 32.7 Å². The molecule has 0 spiro atoms. The number of nitrogens with zero attached hydrogens (tertiary/aromatic N) is 3.